The Morgan fingerprint density at radius 2 is 1.95 bits per heavy atom. The number of carbonyl (C=O) groups is 1. The monoisotopic (exact) mass is 271 g/mol. The quantitative estimate of drug-likeness (QED) is 0.796. The summed E-state index contributed by atoms with van der Waals surface area (Å²) < 4.78 is 0. The maximum absolute atomic E-state index is 12.6. The number of likely N-dealkylation sites (tertiary alicyclic amines) is 1. The Hall–Kier alpha value is -1.79. The van der Waals surface area contributed by atoms with Gasteiger partial charge >= 0.3 is 0 Å². The van der Waals surface area contributed by atoms with E-state index in [0.717, 1.165) is 25.9 Å². The molecule has 1 N–H and O–H groups in total. The molecule has 1 amide bonds. The maximum atomic E-state index is 12.6. The Labute approximate surface area is 120 Å². The van der Waals surface area contributed by atoms with Crippen molar-refractivity contribution in [1.29, 1.82) is 0 Å². The van der Waals surface area contributed by atoms with Crippen LogP contribution in [0, 0.1) is 17.3 Å². The molecule has 3 heteroatoms. The van der Waals surface area contributed by atoms with Gasteiger partial charge in [0.15, 0.2) is 0 Å². The summed E-state index contributed by atoms with van der Waals surface area (Å²) in [6, 6.07) is 7.34. The first-order valence-corrected chi connectivity index (χ1v) is 7.01. The van der Waals surface area contributed by atoms with Crippen molar-refractivity contribution in [3.8, 4) is 11.8 Å². The van der Waals surface area contributed by atoms with Gasteiger partial charge in [-0.1, -0.05) is 37.8 Å². The van der Waals surface area contributed by atoms with E-state index in [1.165, 1.54) is 0 Å². The van der Waals surface area contributed by atoms with Crippen molar-refractivity contribution in [2.24, 2.45) is 5.41 Å². The zero-order valence-corrected chi connectivity index (χ0v) is 12.1. The van der Waals surface area contributed by atoms with Gasteiger partial charge in [0, 0.05) is 18.7 Å². The molecular weight excluding hydrogens is 250 g/mol. The third kappa shape index (κ3) is 3.40. The highest BCUT2D eigenvalue weighted by Gasteiger charge is 2.28. The third-order valence-corrected chi connectivity index (χ3v) is 3.86. The highest BCUT2D eigenvalue weighted by Crippen LogP contribution is 2.30. The molecule has 106 valence electrons. The predicted octanol–water partition coefficient (Wildman–Crippen LogP) is 2.29. The second-order valence-corrected chi connectivity index (χ2v) is 5.96. The van der Waals surface area contributed by atoms with Crippen molar-refractivity contribution in [2.45, 2.75) is 26.7 Å². The van der Waals surface area contributed by atoms with Gasteiger partial charge in [0.2, 0.25) is 0 Å². The molecule has 1 aromatic carbocycles. The van der Waals surface area contributed by atoms with Crippen LogP contribution in [0.15, 0.2) is 24.3 Å². The summed E-state index contributed by atoms with van der Waals surface area (Å²) in [7, 11) is 0. The first kappa shape index (κ1) is 14.6. The fourth-order valence-corrected chi connectivity index (χ4v) is 2.40. The van der Waals surface area contributed by atoms with Gasteiger partial charge in [-0.25, -0.2) is 0 Å². The molecule has 1 aliphatic heterocycles. The molecule has 0 bridgehead atoms. The molecule has 2 rings (SSSR count). The van der Waals surface area contributed by atoms with Crippen LogP contribution in [0.5, 0.6) is 0 Å². The molecule has 0 spiro atoms. The van der Waals surface area contributed by atoms with Crippen LogP contribution >= 0.6 is 0 Å². The Morgan fingerprint density at radius 1 is 1.30 bits per heavy atom. The standard InChI is InChI=1S/C17H21NO2/c1-17(2)9-11-18(12-10-17)16(20)15-8-4-3-6-14(15)7-5-13-19/h3-4,6,8,19H,9-13H2,1-2H3. The predicted molar refractivity (Wildman–Crippen MR) is 79.3 cm³/mol. The summed E-state index contributed by atoms with van der Waals surface area (Å²) in [5.41, 5.74) is 1.65. The average molecular weight is 271 g/mol. The van der Waals surface area contributed by atoms with Gasteiger partial charge in [0.05, 0.1) is 5.56 Å². The van der Waals surface area contributed by atoms with E-state index in [9.17, 15) is 4.79 Å². The summed E-state index contributed by atoms with van der Waals surface area (Å²) in [6.07, 6.45) is 2.06. The Kier molecular flexibility index (Phi) is 4.46. The number of hydrogen-bond acceptors (Lipinski definition) is 2. The first-order chi connectivity index (χ1) is 9.53. The average Bonchev–Trinajstić information content (AvgIpc) is 2.45. The van der Waals surface area contributed by atoms with Gasteiger partial charge < -0.3 is 10.0 Å². The summed E-state index contributed by atoms with van der Waals surface area (Å²) >= 11 is 0. The fourth-order valence-electron chi connectivity index (χ4n) is 2.40. The smallest absolute Gasteiger partial charge is 0.255 e. The largest absolute Gasteiger partial charge is 0.384 e. The summed E-state index contributed by atoms with van der Waals surface area (Å²) in [5.74, 6) is 5.51. The minimum absolute atomic E-state index is 0.0448. The molecule has 0 saturated carbocycles. The maximum Gasteiger partial charge on any atom is 0.255 e. The van der Waals surface area contributed by atoms with Gasteiger partial charge in [-0.15, -0.1) is 0 Å². The van der Waals surface area contributed by atoms with E-state index < -0.39 is 0 Å². The molecule has 0 unspecified atom stereocenters. The second-order valence-electron chi connectivity index (χ2n) is 5.96. The van der Waals surface area contributed by atoms with Gasteiger partial charge in [0.25, 0.3) is 5.91 Å². The third-order valence-electron chi connectivity index (χ3n) is 3.86. The molecule has 1 fully saturated rings. The number of benzene rings is 1. The lowest BCUT2D eigenvalue weighted by molar-refractivity contribution is 0.0630. The van der Waals surface area contributed by atoms with E-state index in [4.69, 9.17) is 5.11 Å². The first-order valence-electron chi connectivity index (χ1n) is 7.01. The molecule has 0 aromatic heterocycles. The van der Waals surface area contributed by atoms with Crippen LogP contribution in [0.2, 0.25) is 0 Å². The Balaban J connectivity index is 2.18. The van der Waals surface area contributed by atoms with Gasteiger partial charge in [-0.2, -0.15) is 0 Å². The number of rotatable bonds is 1. The molecule has 1 heterocycles. The Morgan fingerprint density at radius 3 is 2.60 bits per heavy atom. The van der Waals surface area contributed by atoms with E-state index >= 15 is 0 Å². The van der Waals surface area contributed by atoms with Crippen LogP contribution in [0.4, 0.5) is 0 Å². The number of piperidine rings is 1. The minimum atomic E-state index is -0.194. The van der Waals surface area contributed by atoms with Crippen molar-refractivity contribution >= 4 is 5.91 Å². The molecule has 0 atom stereocenters. The number of amides is 1. The summed E-state index contributed by atoms with van der Waals surface area (Å²) in [5, 5.41) is 8.79. The van der Waals surface area contributed by atoms with Crippen LogP contribution in [-0.4, -0.2) is 35.6 Å². The van der Waals surface area contributed by atoms with Crippen molar-refractivity contribution < 1.29 is 9.90 Å². The highest BCUT2D eigenvalue weighted by atomic mass is 16.2. The molecule has 1 saturated heterocycles. The van der Waals surface area contributed by atoms with Crippen LogP contribution in [-0.2, 0) is 0 Å². The van der Waals surface area contributed by atoms with Crippen LogP contribution in [0.25, 0.3) is 0 Å². The van der Waals surface area contributed by atoms with Crippen LogP contribution in [0.1, 0.15) is 42.6 Å². The molecule has 3 nitrogen and oxygen atoms in total. The van der Waals surface area contributed by atoms with Crippen molar-refractivity contribution in [3.05, 3.63) is 35.4 Å². The van der Waals surface area contributed by atoms with Gasteiger partial charge in [-0.05, 0) is 30.4 Å². The zero-order chi connectivity index (χ0) is 14.6. The van der Waals surface area contributed by atoms with Crippen molar-refractivity contribution in [1.82, 2.24) is 4.90 Å². The Bertz CT molecular complexity index is 542. The van der Waals surface area contributed by atoms with E-state index in [-0.39, 0.29) is 12.5 Å². The van der Waals surface area contributed by atoms with E-state index in [2.05, 4.69) is 25.7 Å². The summed E-state index contributed by atoms with van der Waals surface area (Å²) in [6.45, 7) is 5.90. The fraction of sp³-hybridized carbons (Fsp3) is 0.471. The normalized spacial score (nSPS) is 17.2. The lowest BCUT2D eigenvalue weighted by Gasteiger charge is -2.37. The van der Waals surface area contributed by atoms with Crippen LogP contribution in [0.3, 0.4) is 0 Å². The minimum Gasteiger partial charge on any atom is -0.384 e. The topological polar surface area (TPSA) is 40.5 Å². The molecule has 0 radical (unpaired) electrons. The molecule has 20 heavy (non-hydrogen) atoms. The highest BCUT2D eigenvalue weighted by molar-refractivity contribution is 5.96. The van der Waals surface area contributed by atoms with Crippen molar-refractivity contribution in [3.63, 3.8) is 0 Å². The van der Waals surface area contributed by atoms with E-state index in [0.29, 0.717) is 16.5 Å². The SMILES string of the molecule is CC1(C)CCN(C(=O)c2ccccc2C#CCO)CC1. The molecular formula is C17H21NO2. The lowest BCUT2D eigenvalue weighted by Crippen LogP contribution is -2.41. The second kappa shape index (κ2) is 6.11. The van der Waals surface area contributed by atoms with E-state index in [1.54, 1.807) is 0 Å². The van der Waals surface area contributed by atoms with Crippen LogP contribution < -0.4 is 0 Å². The zero-order valence-electron chi connectivity index (χ0n) is 12.1. The van der Waals surface area contributed by atoms with Gasteiger partial charge in [-0.3, -0.25) is 4.79 Å². The van der Waals surface area contributed by atoms with E-state index in [1.807, 2.05) is 29.2 Å². The molecule has 1 aromatic rings. The number of carbonyl (C=O) groups excluding carboxylic acids is 1. The molecule has 0 aliphatic carbocycles. The number of hydrogen-bond donors (Lipinski definition) is 1. The van der Waals surface area contributed by atoms with Crippen molar-refractivity contribution in [2.75, 3.05) is 19.7 Å². The number of nitrogens with zero attached hydrogens (tertiary/aromatic N) is 1. The summed E-state index contributed by atoms with van der Waals surface area (Å²) in [4.78, 5) is 14.5. The lowest BCUT2D eigenvalue weighted by atomic mass is 9.82. The molecule has 1 aliphatic rings. The van der Waals surface area contributed by atoms with Gasteiger partial charge in [0.1, 0.15) is 6.61 Å². The number of aliphatic hydroxyl groups excluding tert-OH is 1. The number of aliphatic hydroxyl groups is 1.